The van der Waals surface area contributed by atoms with E-state index in [4.69, 9.17) is 0 Å². The summed E-state index contributed by atoms with van der Waals surface area (Å²) in [5, 5.41) is 3.82. The maximum atomic E-state index is 12.5. The van der Waals surface area contributed by atoms with Crippen LogP contribution in [0.15, 0.2) is 48.8 Å². The molecule has 0 spiro atoms. The first kappa shape index (κ1) is 16.8. The van der Waals surface area contributed by atoms with Crippen LogP contribution in [0.2, 0.25) is 0 Å². The number of aryl methyl sites for hydroxylation is 1. The molecule has 0 aliphatic carbocycles. The highest BCUT2D eigenvalue weighted by molar-refractivity contribution is 7.16. The van der Waals surface area contributed by atoms with Gasteiger partial charge in [-0.05, 0) is 49.6 Å². The zero-order chi connectivity index (χ0) is 17.9. The third-order valence-corrected chi connectivity index (χ3v) is 5.85. The Hall–Kier alpha value is -2.60. The van der Waals surface area contributed by atoms with Crippen LogP contribution in [0.5, 0.6) is 0 Å². The standard InChI is InChI=1S/C20H22N4OS/c1-15-18(26-20(22-15)24-12-4-5-13-24)19(25)21-14-16-6-8-17(9-7-16)23-10-2-3-11-23/h4-9,12-13H,2-3,10-11,14H2,1H3,(H,21,25). The minimum atomic E-state index is -0.0676. The molecule has 1 fully saturated rings. The Morgan fingerprint density at radius 1 is 1.15 bits per heavy atom. The largest absolute Gasteiger partial charge is 0.372 e. The lowest BCUT2D eigenvalue weighted by Crippen LogP contribution is -2.22. The zero-order valence-electron chi connectivity index (χ0n) is 14.8. The lowest BCUT2D eigenvalue weighted by atomic mass is 10.2. The summed E-state index contributed by atoms with van der Waals surface area (Å²) in [5.41, 5.74) is 3.14. The summed E-state index contributed by atoms with van der Waals surface area (Å²) in [5.74, 6) is -0.0676. The van der Waals surface area contributed by atoms with Crippen molar-refractivity contribution in [3.8, 4) is 5.13 Å². The fourth-order valence-electron chi connectivity index (χ4n) is 3.23. The van der Waals surface area contributed by atoms with Gasteiger partial charge < -0.3 is 14.8 Å². The van der Waals surface area contributed by atoms with Crippen LogP contribution in [0.25, 0.3) is 5.13 Å². The van der Waals surface area contributed by atoms with Crippen molar-refractivity contribution in [3.05, 3.63) is 64.9 Å². The van der Waals surface area contributed by atoms with Gasteiger partial charge in [-0.15, -0.1) is 0 Å². The van der Waals surface area contributed by atoms with Gasteiger partial charge in [0.05, 0.1) is 5.69 Å². The van der Waals surface area contributed by atoms with Gasteiger partial charge in [-0.1, -0.05) is 23.5 Å². The van der Waals surface area contributed by atoms with Crippen LogP contribution in [0, 0.1) is 6.92 Å². The van der Waals surface area contributed by atoms with Crippen LogP contribution in [0.4, 0.5) is 5.69 Å². The van der Waals surface area contributed by atoms with Crippen LogP contribution in [0.3, 0.4) is 0 Å². The number of hydrogen-bond donors (Lipinski definition) is 1. The second kappa shape index (κ2) is 7.33. The highest BCUT2D eigenvalue weighted by Gasteiger charge is 2.16. The fourth-order valence-corrected chi connectivity index (χ4v) is 4.18. The van der Waals surface area contributed by atoms with Crippen molar-refractivity contribution < 1.29 is 4.79 Å². The molecule has 2 aromatic heterocycles. The molecule has 1 aliphatic rings. The number of rotatable bonds is 5. The summed E-state index contributed by atoms with van der Waals surface area (Å²) in [7, 11) is 0. The van der Waals surface area contributed by atoms with E-state index in [0.717, 1.165) is 29.5 Å². The van der Waals surface area contributed by atoms with Crippen LogP contribution >= 0.6 is 11.3 Å². The molecule has 0 bridgehead atoms. The van der Waals surface area contributed by atoms with Gasteiger partial charge in [0.25, 0.3) is 5.91 Å². The second-order valence-corrected chi connectivity index (χ2v) is 7.52. The molecule has 26 heavy (non-hydrogen) atoms. The van der Waals surface area contributed by atoms with E-state index in [1.54, 1.807) is 0 Å². The molecular weight excluding hydrogens is 344 g/mol. The van der Waals surface area contributed by atoms with Crippen LogP contribution in [0.1, 0.15) is 33.8 Å². The first-order chi connectivity index (χ1) is 12.7. The Morgan fingerprint density at radius 2 is 1.85 bits per heavy atom. The van der Waals surface area contributed by atoms with Gasteiger partial charge >= 0.3 is 0 Å². The number of thiazole rings is 1. The Kier molecular flexibility index (Phi) is 4.75. The van der Waals surface area contributed by atoms with E-state index >= 15 is 0 Å². The third-order valence-electron chi connectivity index (χ3n) is 4.68. The van der Waals surface area contributed by atoms with Gasteiger partial charge in [-0.2, -0.15) is 0 Å². The van der Waals surface area contributed by atoms with Crippen molar-refractivity contribution in [3.63, 3.8) is 0 Å². The number of carbonyl (C=O) groups excluding carboxylic acids is 1. The smallest absolute Gasteiger partial charge is 0.263 e. The molecule has 1 aliphatic heterocycles. The minimum absolute atomic E-state index is 0.0676. The van der Waals surface area contributed by atoms with Crippen LogP contribution < -0.4 is 10.2 Å². The molecular formula is C20H22N4OS. The van der Waals surface area contributed by atoms with E-state index in [1.807, 2.05) is 36.0 Å². The van der Waals surface area contributed by atoms with E-state index in [0.29, 0.717) is 11.4 Å². The Balaban J connectivity index is 1.39. The van der Waals surface area contributed by atoms with Crippen molar-refractivity contribution in [1.29, 1.82) is 0 Å². The third kappa shape index (κ3) is 3.51. The molecule has 3 heterocycles. The Morgan fingerprint density at radius 3 is 2.54 bits per heavy atom. The van der Waals surface area contributed by atoms with E-state index in [1.165, 1.54) is 29.9 Å². The number of anilines is 1. The topological polar surface area (TPSA) is 50.2 Å². The molecule has 1 amide bonds. The SMILES string of the molecule is Cc1nc(-n2cccc2)sc1C(=O)NCc1ccc(N2CCCC2)cc1. The van der Waals surface area contributed by atoms with Gasteiger partial charge in [0.15, 0.2) is 5.13 Å². The molecule has 134 valence electrons. The molecule has 0 atom stereocenters. The van der Waals surface area contributed by atoms with E-state index in [2.05, 4.69) is 39.5 Å². The van der Waals surface area contributed by atoms with Crippen molar-refractivity contribution in [2.24, 2.45) is 0 Å². The normalized spacial score (nSPS) is 14.0. The summed E-state index contributed by atoms with van der Waals surface area (Å²) in [4.78, 5) is 20.1. The highest BCUT2D eigenvalue weighted by atomic mass is 32.1. The summed E-state index contributed by atoms with van der Waals surface area (Å²) < 4.78 is 1.92. The average molecular weight is 366 g/mol. The Labute approximate surface area is 157 Å². The van der Waals surface area contributed by atoms with Crippen molar-refractivity contribution >= 4 is 22.9 Å². The molecule has 0 saturated carbocycles. The first-order valence-corrected chi connectivity index (χ1v) is 9.75. The minimum Gasteiger partial charge on any atom is -0.372 e. The van der Waals surface area contributed by atoms with Crippen molar-refractivity contribution in [1.82, 2.24) is 14.9 Å². The molecule has 4 rings (SSSR count). The average Bonchev–Trinajstić information content (AvgIpc) is 3.41. The first-order valence-electron chi connectivity index (χ1n) is 8.93. The molecule has 5 nitrogen and oxygen atoms in total. The van der Waals surface area contributed by atoms with Gasteiger partial charge in [0.2, 0.25) is 0 Å². The van der Waals surface area contributed by atoms with E-state index < -0.39 is 0 Å². The number of nitrogens with zero attached hydrogens (tertiary/aromatic N) is 3. The number of benzene rings is 1. The predicted molar refractivity (Wildman–Crippen MR) is 105 cm³/mol. The predicted octanol–water partition coefficient (Wildman–Crippen LogP) is 3.77. The lowest BCUT2D eigenvalue weighted by Gasteiger charge is -2.17. The van der Waals surface area contributed by atoms with Gasteiger partial charge in [-0.3, -0.25) is 4.79 Å². The summed E-state index contributed by atoms with van der Waals surface area (Å²) >= 11 is 1.41. The fraction of sp³-hybridized carbons (Fsp3) is 0.300. The van der Waals surface area contributed by atoms with Crippen molar-refractivity contribution in [2.45, 2.75) is 26.3 Å². The second-order valence-electron chi connectivity index (χ2n) is 6.54. The molecule has 1 N–H and O–H groups in total. The maximum Gasteiger partial charge on any atom is 0.263 e. The monoisotopic (exact) mass is 366 g/mol. The highest BCUT2D eigenvalue weighted by Crippen LogP contribution is 2.22. The number of hydrogen-bond acceptors (Lipinski definition) is 4. The Bertz CT molecular complexity index is 877. The molecule has 1 saturated heterocycles. The number of carbonyl (C=O) groups is 1. The molecule has 3 aromatic rings. The number of aromatic nitrogens is 2. The van der Waals surface area contributed by atoms with Crippen LogP contribution in [-0.4, -0.2) is 28.5 Å². The van der Waals surface area contributed by atoms with Crippen molar-refractivity contribution in [2.75, 3.05) is 18.0 Å². The summed E-state index contributed by atoms with van der Waals surface area (Å²) in [6.07, 6.45) is 6.41. The van der Waals surface area contributed by atoms with Gasteiger partial charge in [0.1, 0.15) is 4.88 Å². The lowest BCUT2D eigenvalue weighted by molar-refractivity contribution is 0.0954. The molecule has 6 heteroatoms. The molecule has 1 aromatic carbocycles. The van der Waals surface area contributed by atoms with Gasteiger partial charge in [-0.25, -0.2) is 4.98 Å². The quantitative estimate of drug-likeness (QED) is 0.748. The summed E-state index contributed by atoms with van der Waals surface area (Å²) in [6.45, 7) is 4.69. The molecule has 0 unspecified atom stereocenters. The molecule has 0 radical (unpaired) electrons. The van der Waals surface area contributed by atoms with E-state index in [-0.39, 0.29) is 5.91 Å². The summed E-state index contributed by atoms with van der Waals surface area (Å²) in [6, 6.07) is 12.4. The van der Waals surface area contributed by atoms with E-state index in [9.17, 15) is 4.79 Å². The zero-order valence-corrected chi connectivity index (χ0v) is 15.6. The maximum absolute atomic E-state index is 12.5. The van der Waals surface area contributed by atoms with Gasteiger partial charge in [0, 0.05) is 37.7 Å². The number of nitrogens with one attached hydrogen (secondary N) is 1. The van der Waals surface area contributed by atoms with Crippen LogP contribution in [-0.2, 0) is 6.54 Å². The number of amides is 1.